The Hall–Kier alpha value is -3.29. The number of ether oxygens (including phenoxy) is 1. The first-order chi connectivity index (χ1) is 11.6. The van der Waals surface area contributed by atoms with E-state index in [-0.39, 0.29) is 11.6 Å². The van der Waals surface area contributed by atoms with Crippen molar-refractivity contribution >= 4 is 11.6 Å². The van der Waals surface area contributed by atoms with Crippen LogP contribution in [-0.4, -0.2) is 32.8 Å². The number of rotatable bonds is 4. The van der Waals surface area contributed by atoms with E-state index in [1.54, 1.807) is 31.2 Å². The highest BCUT2D eigenvalue weighted by Gasteiger charge is 2.15. The minimum Gasteiger partial charge on any atom is -0.481 e. The maximum Gasteiger partial charge on any atom is 0.295 e. The predicted molar refractivity (Wildman–Crippen MR) is 84.8 cm³/mol. The molecule has 7 nitrogen and oxygen atoms in total. The third-order valence-corrected chi connectivity index (χ3v) is 3.25. The van der Waals surface area contributed by atoms with E-state index < -0.39 is 5.91 Å². The Kier molecular flexibility index (Phi) is 4.19. The molecular weight excluding hydrogens is 313 g/mol. The zero-order valence-corrected chi connectivity index (χ0v) is 13.0. The number of anilines is 1. The van der Waals surface area contributed by atoms with Crippen LogP contribution in [0.5, 0.6) is 5.88 Å². The number of amides is 1. The maximum absolute atomic E-state index is 13.0. The summed E-state index contributed by atoms with van der Waals surface area (Å²) in [6.45, 7) is 1.71. The number of carbonyl (C=O) groups excluding carboxylic acids is 1. The Morgan fingerprint density at radius 1 is 1.21 bits per heavy atom. The van der Waals surface area contributed by atoms with Crippen molar-refractivity contribution in [3.8, 4) is 11.6 Å². The minimum atomic E-state index is -0.467. The molecule has 0 unspecified atom stereocenters. The van der Waals surface area contributed by atoms with Crippen molar-refractivity contribution in [1.82, 2.24) is 19.7 Å². The van der Waals surface area contributed by atoms with Crippen LogP contribution >= 0.6 is 0 Å². The lowest BCUT2D eigenvalue weighted by Crippen LogP contribution is -2.14. The fourth-order valence-corrected chi connectivity index (χ4v) is 2.08. The highest BCUT2D eigenvalue weighted by molar-refractivity contribution is 6.01. The van der Waals surface area contributed by atoms with E-state index in [9.17, 15) is 9.18 Å². The van der Waals surface area contributed by atoms with Crippen LogP contribution in [0.2, 0.25) is 0 Å². The van der Waals surface area contributed by atoms with Gasteiger partial charge in [-0.05, 0) is 37.3 Å². The number of hydrogen-bond donors (Lipinski definition) is 1. The Morgan fingerprint density at radius 2 is 1.96 bits per heavy atom. The van der Waals surface area contributed by atoms with E-state index in [0.717, 1.165) is 0 Å². The van der Waals surface area contributed by atoms with Crippen molar-refractivity contribution in [2.45, 2.75) is 6.92 Å². The molecular formula is C16H14FN5O2. The van der Waals surface area contributed by atoms with Crippen molar-refractivity contribution in [2.75, 3.05) is 12.4 Å². The fourth-order valence-electron chi connectivity index (χ4n) is 2.08. The van der Waals surface area contributed by atoms with Gasteiger partial charge in [0, 0.05) is 6.07 Å². The van der Waals surface area contributed by atoms with Crippen molar-refractivity contribution in [3.63, 3.8) is 0 Å². The molecule has 122 valence electrons. The summed E-state index contributed by atoms with van der Waals surface area (Å²) in [4.78, 5) is 20.4. The molecule has 1 N–H and O–H groups in total. The van der Waals surface area contributed by atoms with Gasteiger partial charge in [-0.1, -0.05) is 0 Å². The number of nitrogens with zero attached hydrogens (tertiary/aromatic N) is 4. The number of pyridine rings is 1. The van der Waals surface area contributed by atoms with Crippen molar-refractivity contribution in [1.29, 1.82) is 0 Å². The third-order valence-electron chi connectivity index (χ3n) is 3.25. The molecule has 1 amide bonds. The second-order valence-electron chi connectivity index (χ2n) is 4.91. The van der Waals surface area contributed by atoms with Crippen LogP contribution in [0.3, 0.4) is 0 Å². The summed E-state index contributed by atoms with van der Waals surface area (Å²) in [6.07, 6.45) is 1.47. The number of carbonyl (C=O) groups is 1. The number of halogens is 1. The summed E-state index contributed by atoms with van der Waals surface area (Å²) in [7, 11) is 1.51. The zero-order valence-electron chi connectivity index (χ0n) is 13.0. The molecule has 0 aliphatic rings. The van der Waals surface area contributed by atoms with Gasteiger partial charge >= 0.3 is 0 Å². The van der Waals surface area contributed by atoms with Crippen LogP contribution < -0.4 is 10.1 Å². The van der Waals surface area contributed by atoms with Gasteiger partial charge in [-0.15, -0.1) is 5.10 Å². The minimum absolute atomic E-state index is 0.00708. The molecule has 3 aromatic rings. The largest absolute Gasteiger partial charge is 0.481 e. The van der Waals surface area contributed by atoms with Gasteiger partial charge in [-0.3, -0.25) is 4.79 Å². The molecule has 0 saturated heterocycles. The van der Waals surface area contributed by atoms with Crippen LogP contribution in [0, 0.1) is 12.7 Å². The summed E-state index contributed by atoms with van der Waals surface area (Å²) in [5, 5.41) is 6.82. The molecule has 8 heteroatoms. The summed E-state index contributed by atoms with van der Waals surface area (Å²) in [6, 6.07) is 9.05. The summed E-state index contributed by atoms with van der Waals surface area (Å²) < 4.78 is 19.4. The Bertz CT molecular complexity index is 859. The first-order valence-corrected chi connectivity index (χ1v) is 7.08. The molecule has 24 heavy (non-hydrogen) atoms. The summed E-state index contributed by atoms with van der Waals surface area (Å²) in [5.74, 6) is 0.155. The van der Waals surface area contributed by atoms with Crippen LogP contribution in [-0.2, 0) is 0 Å². The van der Waals surface area contributed by atoms with Gasteiger partial charge in [-0.25, -0.2) is 19.0 Å². The van der Waals surface area contributed by atoms with Gasteiger partial charge in [0.1, 0.15) is 11.6 Å². The highest BCUT2D eigenvalue weighted by Crippen LogP contribution is 2.13. The molecule has 0 aliphatic heterocycles. The highest BCUT2D eigenvalue weighted by atomic mass is 19.1. The van der Waals surface area contributed by atoms with Crippen molar-refractivity contribution in [2.24, 2.45) is 0 Å². The standard InChI is InChI=1S/C16H14FN5O2/c1-10-19-15(21-22(10)13-6-3-11(17)4-7-13)16(23)20-12-5-8-14(24-2)18-9-12/h3-9H,1-2H3,(H,20,23). The van der Waals surface area contributed by atoms with Crippen LogP contribution in [0.1, 0.15) is 16.4 Å². The Morgan fingerprint density at radius 3 is 2.58 bits per heavy atom. The molecule has 2 aromatic heterocycles. The van der Waals surface area contributed by atoms with Gasteiger partial charge in [0.05, 0.1) is 24.7 Å². The normalized spacial score (nSPS) is 10.5. The van der Waals surface area contributed by atoms with Gasteiger partial charge in [0.2, 0.25) is 11.7 Å². The Labute approximate surface area is 137 Å². The van der Waals surface area contributed by atoms with Gasteiger partial charge in [0.15, 0.2) is 0 Å². The first kappa shape index (κ1) is 15.6. The lowest BCUT2D eigenvalue weighted by Gasteiger charge is -2.03. The molecule has 3 rings (SSSR count). The lowest BCUT2D eigenvalue weighted by molar-refractivity contribution is 0.101. The van der Waals surface area contributed by atoms with Gasteiger partial charge in [-0.2, -0.15) is 0 Å². The molecule has 0 atom stereocenters. The van der Waals surface area contributed by atoms with Crippen molar-refractivity contribution < 1.29 is 13.9 Å². The van der Waals surface area contributed by atoms with E-state index in [1.165, 1.54) is 30.1 Å². The van der Waals surface area contributed by atoms with Crippen LogP contribution in [0.25, 0.3) is 5.69 Å². The molecule has 0 aliphatic carbocycles. The average Bonchev–Trinajstić information content (AvgIpc) is 2.98. The number of methoxy groups -OCH3 is 1. The lowest BCUT2D eigenvalue weighted by atomic mass is 10.3. The molecule has 0 fully saturated rings. The molecule has 0 saturated carbocycles. The maximum atomic E-state index is 13.0. The number of nitrogens with one attached hydrogen (secondary N) is 1. The molecule has 0 spiro atoms. The summed E-state index contributed by atoms with van der Waals surface area (Å²) >= 11 is 0. The quantitative estimate of drug-likeness (QED) is 0.795. The molecule has 0 bridgehead atoms. The molecule has 1 aromatic carbocycles. The monoisotopic (exact) mass is 327 g/mol. The fraction of sp³-hybridized carbons (Fsp3) is 0.125. The topological polar surface area (TPSA) is 81.9 Å². The average molecular weight is 327 g/mol. The molecule has 2 heterocycles. The smallest absolute Gasteiger partial charge is 0.295 e. The summed E-state index contributed by atoms with van der Waals surface area (Å²) in [5.41, 5.74) is 1.11. The SMILES string of the molecule is COc1ccc(NC(=O)c2nc(C)n(-c3ccc(F)cc3)n2)cn1. The van der Waals surface area contributed by atoms with Gasteiger partial charge in [0.25, 0.3) is 5.91 Å². The second kappa shape index (κ2) is 6.45. The van der Waals surface area contributed by atoms with Gasteiger partial charge < -0.3 is 10.1 Å². The number of hydrogen-bond acceptors (Lipinski definition) is 5. The second-order valence-corrected chi connectivity index (χ2v) is 4.91. The van der Waals surface area contributed by atoms with Crippen LogP contribution in [0.15, 0.2) is 42.6 Å². The van der Waals surface area contributed by atoms with E-state index in [2.05, 4.69) is 20.4 Å². The van der Waals surface area contributed by atoms with E-state index in [4.69, 9.17) is 4.74 Å². The first-order valence-electron chi connectivity index (χ1n) is 7.08. The predicted octanol–water partition coefficient (Wildman–Crippen LogP) is 2.37. The van der Waals surface area contributed by atoms with Crippen molar-refractivity contribution in [3.05, 3.63) is 60.1 Å². The number of aryl methyl sites for hydroxylation is 1. The molecule has 0 radical (unpaired) electrons. The Balaban J connectivity index is 1.80. The van der Waals surface area contributed by atoms with E-state index in [1.807, 2.05) is 0 Å². The van der Waals surface area contributed by atoms with Crippen LogP contribution in [0.4, 0.5) is 10.1 Å². The number of aromatic nitrogens is 4. The third kappa shape index (κ3) is 3.22. The zero-order chi connectivity index (χ0) is 17.1. The van der Waals surface area contributed by atoms with E-state index in [0.29, 0.717) is 23.1 Å². The number of benzene rings is 1. The van der Waals surface area contributed by atoms with E-state index >= 15 is 0 Å².